The number of ether oxygens (including phenoxy) is 1. The lowest BCUT2D eigenvalue weighted by molar-refractivity contribution is -0.153. The second-order valence-electron chi connectivity index (χ2n) is 13.3. The van der Waals surface area contributed by atoms with Crippen LogP contribution in [0, 0.1) is 11.3 Å². The molecular weight excluding hydrogens is 578 g/mol. The van der Waals surface area contributed by atoms with Gasteiger partial charge >= 0.3 is 12.0 Å². The molecular formula is C33H63N5O7. The Morgan fingerprint density at radius 3 is 1.80 bits per heavy atom. The molecule has 1 saturated heterocycles. The fraction of sp³-hybridized carbons (Fsp3) is 0.818. The first-order valence-corrected chi connectivity index (χ1v) is 16.5. The van der Waals surface area contributed by atoms with Gasteiger partial charge in [0, 0.05) is 6.54 Å². The van der Waals surface area contributed by atoms with Crippen molar-refractivity contribution in [2.24, 2.45) is 17.1 Å². The van der Waals surface area contributed by atoms with Gasteiger partial charge in [-0.25, -0.2) is 4.79 Å². The monoisotopic (exact) mass is 641 g/mol. The van der Waals surface area contributed by atoms with Gasteiger partial charge in [-0.3, -0.25) is 24.0 Å². The number of nitrogens with one attached hydrogen (secondary N) is 3. The third kappa shape index (κ3) is 18.4. The third-order valence-electron chi connectivity index (χ3n) is 6.18. The van der Waals surface area contributed by atoms with Crippen LogP contribution in [0.4, 0.5) is 4.79 Å². The van der Waals surface area contributed by atoms with Gasteiger partial charge in [-0.1, -0.05) is 88.0 Å². The number of nitrogens with zero attached hydrogens (tertiary/aromatic N) is 1. The molecule has 262 valence electrons. The standard InChI is InChI=1S/C25H41N5O7.2C3H8.C2H6/c1-24(2,3)19(29-23(36)27-13-17(31)37-25(4,5)6)22(35)30-11-7-8-16(30)21(34)28-15(12-14-9-10-14)18(32)20(26)33;2*1-3-2;1-2/h14-16,19H,7-13H2,1-6H3,(H2,26,33)(H,28,34)(H2,27,29,36);2*3H2,1-2H3;1-2H3/t15?,16-,19?;;;/m0.../s1. The predicted molar refractivity (Wildman–Crippen MR) is 177 cm³/mol. The summed E-state index contributed by atoms with van der Waals surface area (Å²) in [5.41, 5.74) is 3.74. The van der Waals surface area contributed by atoms with Crippen LogP contribution in [-0.4, -0.2) is 77.2 Å². The minimum atomic E-state index is -1.11. The summed E-state index contributed by atoms with van der Waals surface area (Å²) >= 11 is 0. The number of primary amides is 1. The Bertz CT molecular complexity index is 950. The van der Waals surface area contributed by atoms with Crippen molar-refractivity contribution in [1.29, 1.82) is 0 Å². The molecule has 0 aromatic rings. The smallest absolute Gasteiger partial charge is 0.325 e. The fourth-order valence-electron chi connectivity index (χ4n) is 4.19. The minimum Gasteiger partial charge on any atom is -0.459 e. The average Bonchev–Trinajstić information content (AvgIpc) is 3.60. The predicted octanol–water partition coefficient (Wildman–Crippen LogP) is 4.23. The average molecular weight is 642 g/mol. The number of carbonyl (C=O) groups excluding carboxylic acids is 6. The van der Waals surface area contributed by atoms with Gasteiger partial charge < -0.3 is 31.3 Å². The van der Waals surface area contributed by atoms with Crippen molar-refractivity contribution < 1.29 is 33.5 Å². The molecule has 12 heteroatoms. The lowest BCUT2D eigenvalue weighted by Crippen LogP contribution is -2.60. The fourth-order valence-corrected chi connectivity index (χ4v) is 4.19. The van der Waals surface area contributed by atoms with Crippen molar-refractivity contribution in [2.45, 2.75) is 152 Å². The highest BCUT2D eigenvalue weighted by Crippen LogP contribution is 2.34. The van der Waals surface area contributed by atoms with Gasteiger partial charge in [-0.05, 0) is 51.4 Å². The van der Waals surface area contributed by atoms with Crippen molar-refractivity contribution in [3.05, 3.63) is 0 Å². The molecule has 5 amide bonds. The molecule has 1 aliphatic heterocycles. The topological polar surface area (TPSA) is 177 Å². The molecule has 2 aliphatic rings. The van der Waals surface area contributed by atoms with Gasteiger partial charge in [0.2, 0.25) is 17.6 Å². The second kappa shape index (κ2) is 21.5. The van der Waals surface area contributed by atoms with Crippen LogP contribution in [0.3, 0.4) is 0 Å². The van der Waals surface area contributed by atoms with Crippen LogP contribution in [-0.2, 0) is 28.7 Å². The van der Waals surface area contributed by atoms with E-state index in [2.05, 4.69) is 43.6 Å². The molecule has 12 nitrogen and oxygen atoms in total. The number of ketones is 1. The lowest BCUT2D eigenvalue weighted by atomic mass is 9.85. The maximum atomic E-state index is 13.6. The van der Waals surface area contributed by atoms with Gasteiger partial charge in [0.1, 0.15) is 24.2 Å². The summed E-state index contributed by atoms with van der Waals surface area (Å²) in [7, 11) is 0. The molecule has 1 aliphatic carbocycles. The Morgan fingerprint density at radius 1 is 0.867 bits per heavy atom. The molecule has 5 N–H and O–H groups in total. The molecule has 2 fully saturated rings. The van der Waals surface area contributed by atoms with Crippen LogP contribution < -0.4 is 21.7 Å². The van der Waals surface area contributed by atoms with E-state index in [-0.39, 0.29) is 12.5 Å². The number of esters is 1. The highest BCUT2D eigenvalue weighted by molar-refractivity contribution is 6.37. The molecule has 1 saturated carbocycles. The number of hydrogen-bond donors (Lipinski definition) is 4. The highest BCUT2D eigenvalue weighted by atomic mass is 16.6. The molecule has 0 aromatic carbocycles. The molecule has 2 rings (SSSR count). The van der Waals surface area contributed by atoms with Gasteiger partial charge in [-0.2, -0.15) is 0 Å². The molecule has 0 aromatic heterocycles. The van der Waals surface area contributed by atoms with E-state index in [9.17, 15) is 28.8 Å². The zero-order chi connectivity index (χ0) is 35.5. The number of carbonyl (C=O) groups is 6. The van der Waals surface area contributed by atoms with E-state index in [0.717, 1.165) is 12.8 Å². The van der Waals surface area contributed by atoms with E-state index in [1.807, 2.05) is 13.8 Å². The normalized spacial score (nSPS) is 16.9. The maximum Gasteiger partial charge on any atom is 0.325 e. The van der Waals surface area contributed by atoms with Gasteiger partial charge in [-0.15, -0.1) is 0 Å². The largest absolute Gasteiger partial charge is 0.459 e. The summed E-state index contributed by atoms with van der Waals surface area (Å²) in [6, 6.07) is -3.61. The van der Waals surface area contributed by atoms with Crippen molar-refractivity contribution in [1.82, 2.24) is 20.9 Å². The van der Waals surface area contributed by atoms with Crippen LogP contribution in [0.1, 0.15) is 128 Å². The lowest BCUT2D eigenvalue weighted by Gasteiger charge is -2.35. The Labute approximate surface area is 271 Å². The third-order valence-corrected chi connectivity index (χ3v) is 6.18. The van der Waals surface area contributed by atoms with E-state index < -0.39 is 64.6 Å². The number of amides is 5. The highest BCUT2D eigenvalue weighted by Gasteiger charge is 2.43. The van der Waals surface area contributed by atoms with Crippen LogP contribution in [0.2, 0.25) is 0 Å². The maximum absolute atomic E-state index is 13.6. The summed E-state index contributed by atoms with van der Waals surface area (Å²) in [4.78, 5) is 76.3. The number of hydrogen-bond acceptors (Lipinski definition) is 7. The first-order chi connectivity index (χ1) is 20.8. The van der Waals surface area contributed by atoms with Crippen LogP contribution in [0.25, 0.3) is 0 Å². The zero-order valence-electron chi connectivity index (χ0n) is 30.1. The summed E-state index contributed by atoms with van der Waals surface area (Å²) < 4.78 is 5.17. The van der Waals surface area contributed by atoms with E-state index in [0.29, 0.717) is 25.8 Å². The summed E-state index contributed by atoms with van der Waals surface area (Å²) in [6.45, 7) is 22.9. The number of urea groups is 1. The van der Waals surface area contributed by atoms with Crippen molar-refractivity contribution in [3.63, 3.8) is 0 Å². The van der Waals surface area contributed by atoms with E-state index in [4.69, 9.17) is 10.5 Å². The van der Waals surface area contributed by atoms with Crippen LogP contribution in [0.15, 0.2) is 0 Å². The number of Topliss-reactive ketones (excluding diaryl/α,β-unsaturated/α-hetero) is 1. The Morgan fingerprint density at radius 2 is 1.38 bits per heavy atom. The summed E-state index contributed by atoms with van der Waals surface area (Å²) in [5.74, 6) is -3.33. The molecule has 45 heavy (non-hydrogen) atoms. The summed E-state index contributed by atoms with van der Waals surface area (Å²) in [6.07, 6.45) is 5.60. The van der Waals surface area contributed by atoms with Gasteiger partial charge in [0.05, 0.1) is 6.04 Å². The summed E-state index contributed by atoms with van der Waals surface area (Å²) in [5, 5.41) is 7.66. The van der Waals surface area contributed by atoms with Gasteiger partial charge in [0.15, 0.2) is 0 Å². The molecule has 0 radical (unpaired) electrons. The number of rotatable bonds is 10. The minimum absolute atomic E-state index is 0.253. The Balaban J connectivity index is 0. The Kier molecular flexibility index (Phi) is 21.0. The molecule has 0 spiro atoms. The Hall–Kier alpha value is -3.18. The molecule has 3 atom stereocenters. The first kappa shape index (κ1) is 43.9. The van der Waals surface area contributed by atoms with E-state index >= 15 is 0 Å². The van der Waals surface area contributed by atoms with E-state index in [1.54, 1.807) is 41.5 Å². The number of likely N-dealkylation sites (tertiary alicyclic amines) is 1. The van der Waals surface area contributed by atoms with Crippen molar-refractivity contribution in [3.8, 4) is 0 Å². The quantitative estimate of drug-likeness (QED) is 0.204. The van der Waals surface area contributed by atoms with Crippen LogP contribution in [0.5, 0.6) is 0 Å². The zero-order valence-corrected chi connectivity index (χ0v) is 30.1. The van der Waals surface area contributed by atoms with Gasteiger partial charge in [0.25, 0.3) is 5.91 Å². The van der Waals surface area contributed by atoms with Crippen molar-refractivity contribution >= 4 is 35.5 Å². The molecule has 1 heterocycles. The molecule has 0 bridgehead atoms. The molecule has 2 unspecified atom stereocenters. The van der Waals surface area contributed by atoms with E-state index in [1.165, 1.54) is 17.7 Å². The second-order valence-corrected chi connectivity index (χ2v) is 13.3. The first-order valence-electron chi connectivity index (χ1n) is 16.5. The van der Waals surface area contributed by atoms with Crippen LogP contribution >= 0.6 is 0 Å². The van der Waals surface area contributed by atoms with Crippen molar-refractivity contribution in [2.75, 3.05) is 13.1 Å². The SMILES string of the molecule is CC.CC(C)(C)OC(=O)CNC(=O)NC(C(=O)N1CCC[C@H]1C(=O)NC(CC1CC1)C(=O)C(N)=O)C(C)(C)C.CCC.CCC. The number of nitrogens with two attached hydrogens (primary N) is 1.